The molecule has 0 atom stereocenters. The summed E-state index contributed by atoms with van der Waals surface area (Å²) >= 11 is 0. The summed E-state index contributed by atoms with van der Waals surface area (Å²) < 4.78 is 5.31. The van der Waals surface area contributed by atoms with Gasteiger partial charge in [-0.1, -0.05) is 0 Å². The Bertz CT molecular complexity index is 339. The summed E-state index contributed by atoms with van der Waals surface area (Å²) in [5.41, 5.74) is 2.09. The van der Waals surface area contributed by atoms with Crippen LogP contribution in [0.5, 0.6) is 0 Å². The largest absolute Gasteiger partial charge is 0.387 e. The maximum Gasteiger partial charge on any atom is 0.0594 e. The Morgan fingerprint density at radius 3 is 2.82 bits per heavy atom. The first kappa shape index (κ1) is 12.1. The highest BCUT2D eigenvalue weighted by Gasteiger charge is 2.08. The highest BCUT2D eigenvalue weighted by molar-refractivity contribution is 5.53. The smallest absolute Gasteiger partial charge is 0.0594 e. The molecular formula is C12H20N4O. The van der Waals surface area contributed by atoms with Crippen molar-refractivity contribution < 1.29 is 4.74 Å². The molecule has 2 rings (SSSR count). The molecule has 5 nitrogen and oxygen atoms in total. The lowest BCUT2D eigenvalue weighted by atomic mass is 10.3. The van der Waals surface area contributed by atoms with Gasteiger partial charge >= 0.3 is 0 Å². The Morgan fingerprint density at radius 2 is 2.06 bits per heavy atom. The van der Waals surface area contributed by atoms with Gasteiger partial charge in [-0.05, 0) is 6.07 Å². The van der Waals surface area contributed by atoms with Gasteiger partial charge in [0.15, 0.2) is 0 Å². The Labute approximate surface area is 102 Å². The second kappa shape index (κ2) is 6.42. The summed E-state index contributed by atoms with van der Waals surface area (Å²) in [7, 11) is 1.90. The van der Waals surface area contributed by atoms with Gasteiger partial charge in [-0.2, -0.15) is 0 Å². The number of rotatable bonds is 5. The van der Waals surface area contributed by atoms with Crippen molar-refractivity contribution in [1.82, 2.24) is 9.88 Å². The molecule has 0 aliphatic carbocycles. The highest BCUT2D eigenvalue weighted by Crippen LogP contribution is 2.11. The summed E-state index contributed by atoms with van der Waals surface area (Å²) in [5.74, 6) is 0. The van der Waals surface area contributed by atoms with Crippen LogP contribution >= 0.6 is 0 Å². The zero-order valence-electron chi connectivity index (χ0n) is 10.3. The molecule has 0 aromatic carbocycles. The Hall–Kier alpha value is -1.33. The fourth-order valence-electron chi connectivity index (χ4n) is 1.86. The Kier molecular flexibility index (Phi) is 4.58. The molecule has 5 heteroatoms. The van der Waals surface area contributed by atoms with E-state index in [-0.39, 0.29) is 0 Å². The van der Waals surface area contributed by atoms with Crippen LogP contribution in [0.2, 0.25) is 0 Å². The first-order valence-electron chi connectivity index (χ1n) is 6.05. The van der Waals surface area contributed by atoms with Gasteiger partial charge in [0.05, 0.1) is 37.0 Å². The second-order valence-corrected chi connectivity index (χ2v) is 4.09. The van der Waals surface area contributed by atoms with Crippen LogP contribution in [0.4, 0.5) is 11.4 Å². The molecule has 2 heterocycles. The van der Waals surface area contributed by atoms with Crippen LogP contribution in [0.25, 0.3) is 0 Å². The van der Waals surface area contributed by atoms with Gasteiger partial charge in [0.2, 0.25) is 0 Å². The van der Waals surface area contributed by atoms with Crippen molar-refractivity contribution in [3.63, 3.8) is 0 Å². The molecule has 0 amide bonds. The zero-order valence-corrected chi connectivity index (χ0v) is 10.3. The predicted octanol–water partition coefficient (Wildman–Crippen LogP) is 0.867. The minimum absolute atomic E-state index is 0.858. The van der Waals surface area contributed by atoms with Crippen LogP contribution in [-0.4, -0.2) is 56.3 Å². The number of morpholine rings is 1. The molecule has 0 unspecified atom stereocenters. The SMILES string of the molecule is CNc1cncc(NCCN2CCOCC2)c1. The molecule has 1 aromatic rings. The summed E-state index contributed by atoms with van der Waals surface area (Å²) in [6.45, 7) is 5.78. The van der Waals surface area contributed by atoms with Crippen LogP contribution in [0.3, 0.4) is 0 Å². The number of nitrogens with zero attached hydrogens (tertiary/aromatic N) is 2. The van der Waals surface area contributed by atoms with Crippen molar-refractivity contribution >= 4 is 11.4 Å². The number of hydrogen-bond donors (Lipinski definition) is 2. The summed E-state index contributed by atoms with van der Waals surface area (Å²) in [6, 6.07) is 2.06. The molecule has 0 saturated carbocycles. The van der Waals surface area contributed by atoms with Crippen LogP contribution in [0.1, 0.15) is 0 Å². The molecule has 1 fully saturated rings. The minimum atomic E-state index is 0.858. The van der Waals surface area contributed by atoms with Crippen LogP contribution in [0.15, 0.2) is 18.5 Å². The van der Waals surface area contributed by atoms with Crippen molar-refractivity contribution in [3.05, 3.63) is 18.5 Å². The lowest BCUT2D eigenvalue weighted by Gasteiger charge is -2.26. The maximum absolute atomic E-state index is 5.31. The quantitative estimate of drug-likeness (QED) is 0.794. The molecule has 1 aliphatic rings. The van der Waals surface area contributed by atoms with Crippen LogP contribution in [-0.2, 0) is 4.74 Å². The summed E-state index contributed by atoms with van der Waals surface area (Å²) in [4.78, 5) is 6.57. The van der Waals surface area contributed by atoms with Gasteiger partial charge in [-0.25, -0.2) is 0 Å². The van der Waals surface area contributed by atoms with E-state index in [1.165, 1.54) is 0 Å². The average molecular weight is 236 g/mol. The fraction of sp³-hybridized carbons (Fsp3) is 0.583. The van der Waals surface area contributed by atoms with E-state index in [9.17, 15) is 0 Å². The van der Waals surface area contributed by atoms with E-state index in [2.05, 4.69) is 26.6 Å². The van der Waals surface area contributed by atoms with E-state index in [1.54, 1.807) is 0 Å². The summed E-state index contributed by atoms with van der Waals surface area (Å²) in [5, 5.41) is 6.46. The van der Waals surface area contributed by atoms with E-state index in [4.69, 9.17) is 4.74 Å². The number of hydrogen-bond acceptors (Lipinski definition) is 5. The van der Waals surface area contributed by atoms with E-state index < -0.39 is 0 Å². The molecule has 17 heavy (non-hydrogen) atoms. The second-order valence-electron chi connectivity index (χ2n) is 4.09. The summed E-state index contributed by atoms with van der Waals surface area (Å²) in [6.07, 6.45) is 3.66. The van der Waals surface area contributed by atoms with E-state index >= 15 is 0 Å². The topological polar surface area (TPSA) is 49.4 Å². The van der Waals surface area contributed by atoms with Crippen molar-refractivity contribution in [2.24, 2.45) is 0 Å². The molecule has 0 spiro atoms. The van der Waals surface area contributed by atoms with E-state index in [0.29, 0.717) is 0 Å². The van der Waals surface area contributed by atoms with Crippen molar-refractivity contribution in [1.29, 1.82) is 0 Å². The monoisotopic (exact) mass is 236 g/mol. The van der Waals surface area contributed by atoms with E-state index in [1.807, 2.05) is 19.4 Å². The molecule has 2 N–H and O–H groups in total. The molecule has 94 valence electrons. The first-order valence-corrected chi connectivity index (χ1v) is 6.05. The molecule has 0 radical (unpaired) electrons. The van der Waals surface area contributed by atoms with Gasteiger partial charge in [0.25, 0.3) is 0 Å². The van der Waals surface area contributed by atoms with Crippen LogP contribution < -0.4 is 10.6 Å². The predicted molar refractivity (Wildman–Crippen MR) is 69.5 cm³/mol. The van der Waals surface area contributed by atoms with Gasteiger partial charge in [0, 0.05) is 33.2 Å². The minimum Gasteiger partial charge on any atom is -0.387 e. The Balaban J connectivity index is 1.73. The Morgan fingerprint density at radius 1 is 1.29 bits per heavy atom. The molecule has 1 aromatic heterocycles. The van der Waals surface area contributed by atoms with Crippen molar-refractivity contribution in [2.45, 2.75) is 0 Å². The third kappa shape index (κ3) is 3.87. The number of anilines is 2. The average Bonchev–Trinajstić information content (AvgIpc) is 2.40. The van der Waals surface area contributed by atoms with Gasteiger partial charge < -0.3 is 15.4 Å². The molecule has 0 bridgehead atoms. The number of aromatic nitrogens is 1. The third-order valence-corrected chi connectivity index (χ3v) is 2.89. The first-order chi connectivity index (χ1) is 8.38. The molecular weight excluding hydrogens is 216 g/mol. The zero-order chi connectivity index (χ0) is 11.9. The third-order valence-electron chi connectivity index (χ3n) is 2.89. The van der Waals surface area contributed by atoms with Crippen molar-refractivity contribution in [2.75, 3.05) is 57.1 Å². The number of ether oxygens (including phenoxy) is 1. The van der Waals surface area contributed by atoms with Crippen LogP contribution in [0, 0.1) is 0 Å². The standard InChI is InChI=1S/C12H20N4O/c1-13-11-8-12(10-14-9-11)15-2-3-16-4-6-17-7-5-16/h8-10,13,15H,2-7H2,1H3. The van der Waals surface area contributed by atoms with Gasteiger partial charge in [0.1, 0.15) is 0 Å². The van der Waals surface area contributed by atoms with Crippen molar-refractivity contribution in [3.8, 4) is 0 Å². The lowest BCUT2D eigenvalue weighted by molar-refractivity contribution is 0.0398. The maximum atomic E-state index is 5.31. The van der Waals surface area contributed by atoms with Gasteiger partial charge in [-0.3, -0.25) is 9.88 Å². The normalized spacial score (nSPS) is 16.8. The fourth-order valence-corrected chi connectivity index (χ4v) is 1.86. The van der Waals surface area contributed by atoms with Gasteiger partial charge in [-0.15, -0.1) is 0 Å². The number of nitrogens with one attached hydrogen (secondary N) is 2. The molecule has 1 aliphatic heterocycles. The lowest BCUT2D eigenvalue weighted by Crippen LogP contribution is -2.39. The highest BCUT2D eigenvalue weighted by atomic mass is 16.5. The molecule has 1 saturated heterocycles. The number of pyridine rings is 1. The van der Waals surface area contributed by atoms with E-state index in [0.717, 1.165) is 50.8 Å².